The van der Waals surface area contributed by atoms with Crippen LogP contribution < -0.4 is 10.1 Å². The summed E-state index contributed by atoms with van der Waals surface area (Å²) in [5.74, 6) is -0.878. The molecule has 0 spiro atoms. The van der Waals surface area contributed by atoms with Crippen molar-refractivity contribution in [3.8, 4) is 5.75 Å². The Labute approximate surface area is 126 Å². The molecule has 0 bridgehead atoms. The molecule has 0 aliphatic carbocycles. The summed E-state index contributed by atoms with van der Waals surface area (Å²) in [4.78, 5) is 15.4. The molecule has 0 saturated heterocycles. The molecule has 0 aliphatic rings. The molecule has 3 aromatic rings. The van der Waals surface area contributed by atoms with Crippen LogP contribution in [0.4, 0.5) is 4.39 Å². The Morgan fingerprint density at radius 2 is 2.05 bits per heavy atom. The van der Waals surface area contributed by atoms with E-state index in [1.807, 2.05) is 30.5 Å². The molecule has 0 radical (unpaired) electrons. The van der Waals surface area contributed by atoms with Gasteiger partial charge < -0.3 is 15.0 Å². The molecule has 0 unspecified atom stereocenters. The Morgan fingerprint density at radius 1 is 1.23 bits per heavy atom. The summed E-state index contributed by atoms with van der Waals surface area (Å²) in [5.41, 5.74) is 1.88. The van der Waals surface area contributed by atoms with Gasteiger partial charge >= 0.3 is 0 Å². The number of ether oxygens (including phenoxy) is 1. The summed E-state index contributed by atoms with van der Waals surface area (Å²) in [5, 5.41) is 3.77. The minimum atomic E-state index is -0.600. The van der Waals surface area contributed by atoms with Crippen molar-refractivity contribution in [3.05, 3.63) is 65.6 Å². The van der Waals surface area contributed by atoms with Crippen molar-refractivity contribution >= 4 is 16.8 Å². The van der Waals surface area contributed by atoms with Crippen LogP contribution in [0.3, 0.4) is 0 Å². The maximum atomic E-state index is 13.9. The van der Waals surface area contributed by atoms with Gasteiger partial charge in [0.25, 0.3) is 5.91 Å². The first-order valence-corrected chi connectivity index (χ1v) is 6.86. The largest absolute Gasteiger partial charge is 0.496 e. The van der Waals surface area contributed by atoms with E-state index >= 15 is 0 Å². The van der Waals surface area contributed by atoms with Gasteiger partial charge in [-0.3, -0.25) is 4.79 Å². The smallest absolute Gasteiger partial charge is 0.258 e. The summed E-state index contributed by atoms with van der Waals surface area (Å²) in [6, 6.07) is 12.0. The number of H-pyrrole nitrogens is 1. The fourth-order valence-electron chi connectivity index (χ4n) is 2.46. The zero-order chi connectivity index (χ0) is 15.5. The highest BCUT2D eigenvalue weighted by Crippen LogP contribution is 2.22. The standard InChI is InChI=1S/C17H15FN2O2/c1-22-15-7-3-5-13(18)16(15)17(21)20-10-11-4-2-6-14-12(11)8-9-19-14/h2-9,19H,10H2,1H3,(H,20,21). The second-order valence-electron chi connectivity index (χ2n) is 4.86. The van der Waals surface area contributed by atoms with E-state index in [-0.39, 0.29) is 11.3 Å². The fraction of sp³-hybridized carbons (Fsp3) is 0.118. The Hall–Kier alpha value is -2.82. The highest BCUT2D eigenvalue weighted by molar-refractivity contribution is 5.97. The Morgan fingerprint density at radius 3 is 2.86 bits per heavy atom. The van der Waals surface area contributed by atoms with E-state index in [4.69, 9.17) is 4.74 Å². The van der Waals surface area contributed by atoms with Crippen LogP contribution in [-0.2, 0) is 6.54 Å². The molecule has 0 fully saturated rings. The Bertz CT molecular complexity index is 826. The minimum Gasteiger partial charge on any atom is -0.496 e. The van der Waals surface area contributed by atoms with Crippen molar-refractivity contribution in [1.82, 2.24) is 10.3 Å². The molecular formula is C17H15FN2O2. The van der Waals surface area contributed by atoms with E-state index in [1.165, 1.54) is 19.2 Å². The van der Waals surface area contributed by atoms with E-state index in [1.54, 1.807) is 6.07 Å². The van der Waals surface area contributed by atoms with Gasteiger partial charge in [-0.05, 0) is 29.8 Å². The lowest BCUT2D eigenvalue weighted by atomic mass is 10.1. The lowest BCUT2D eigenvalue weighted by Gasteiger charge is -2.10. The van der Waals surface area contributed by atoms with Gasteiger partial charge in [0.1, 0.15) is 17.1 Å². The van der Waals surface area contributed by atoms with Gasteiger partial charge in [0.2, 0.25) is 0 Å². The third-order valence-electron chi connectivity index (χ3n) is 3.55. The number of fused-ring (bicyclic) bond motifs is 1. The van der Waals surface area contributed by atoms with E-state index in [2.05, 4.69) is 10.3 Å². The van der Waals surface area contributed by atoms with Crippen LogP contribution in [0, 0.1) is 5.82 Å². The van der Waals surface area contributed by atoms with Crippen LogP contribution in [0.2, 0.25) is 0 Å². The number of hydrogen-bond acceptors (Lipinski definition) is 2. The molecule has 0 atom stereocenters. The normalized spacial score (nSPS) is 10.6. The lowest BCUT2D eigenvalue weighted by molar-refractivity contribution is 0.0943. The molecule has 22 heavy (non-hydrogen) atoms. The molecule has 4 nitrogen and oxygen atoms in total. The average molecular weight is 298 g/mol. The molecule has 5 heteroatoms. The first-order chi connectivity index (χ1) is 10.7. The van der Waals surface area contributed by atoms with E-state index in [0.717, 1.165) is 16.5 Å². The maximum Gasteiger partial charge on any atom is 0.258 e. The maximum absolute atomic E-state index is 13.9. The number of halogens is 1. The van der Waals surface area contributed by atoms with Crippen LogP contribution in [0.1, 0.15) is 15.9 Å². The summed E-state index contributed by atoms with van der Waals surface area (Å²) < 4.78 is 18.9. The number of hydrogen-bond donors (Lipinski definition) is 2. The molecule has 1 amide bonds. The van der Waals surface area contributed by atoms with Gasteiger partial charge in [0.15, 0.2) is 0 Å². The molecule has 112 valence electrons. The average Bonchev–Trinajstić information content (AvgIpc) is 3.01. The predicted molar refractivity (Wildman–Crippen MR) is 82.4 cm³/mol. The molecule has 1 aromatic heterocycles. The van der Waals surface area contributed by atoms with Gasteiger partial charge in [0.05, 0.1) is 7.11 Å². The van der Waals surface area contributed by atoms with Gasteiger partial charge in [-0.2, -0.15) is 0 Å². The van der Waals surface area contributed by atoms with Crippen molar-refractivity contribution in [2.24, 2.45) is 0 Å². The van der Waals surface area contributed by atoms with Crippen LogP contribution in [0.25, 0.3) is 10.9 Å². The van der Waals surface area contributed by atoms with E-state index < -0.39 is 11.7 Å². The van der Waals surface area contributed by atoms with Gasteiger partial charge in [-0.15, -0.1) is 0 Å². The van der Waals surface area contributed by atoms with E-state index in [0.29, 0.717) is 6.54 Å². The molecule has 2 aromatic carbocycles. The number of nitrogens with one attached hydrogen (secondary N) is 2. The van der Waals surface area contributed by atoms with E-state index in [9.17, 15) is 9.18 Å². The molecule has 1 heterocycles. The number of rotatable bonds is 4. The molecule has 0 saturated carbocycles. The number of carbonyl (C=O) groups excluding carboxylic acids is 1. The summed E-state index contributed by atoms with van der Waals surface area (Å²) in [6.07, 6.45) is 1.84. The summed E-state index contributed by atoms with van der Waals surface area (Å²) >= 11 is 0. The van der Waals surface area contributed by atoms with Crippen LogP contribution in [0.5, 0.6) is 5.75 Å². The molecule has 2 N–H and O–H groups in total. The minimum absolute atomic E-state index is 0.0776. The van der Waals surface area contributed by atoms with Gasteiger partial charge in [-0.25, -0.2) is 4.39 Å². The number of carbonyl (C=O) groups is 1. The Balaban J connectivity index is 1.82. The second-order valence-corrected chi connectivity index (χ2v) is 4.86. The Kier molecular flexibility index (Phi) is 3.78. The van der Waals surface area contributed by atoms with Crippen LogP contribution in [-0.4, -0.2) is 18.0 Å². The second kappa shape index (κ2) is 5.89. The molecular weight excluding hydrogens is 283 g/mol. The van der Waals surface area contributed by atoms with Gasteiger partial charge in [-0.1, -0.05) is 18.2 Å². The lowest BCUT2D eigenvalue weighted by Crippen LogP contribution is -2.24. The van der Waals surface area contributed by atoms with Crippen LogP contribution >= 0.6 is 0 Å². The first kappa shape index (κ1) is 14.1. The molecule has 0 aliphatic heterocycles. The number of aromatic amines is 1. The summed E-state index contributed by atoms with van der Waals surface area (Å²) in [6.45, 7) is 0.311. The third kappa shape index (κ3) is 2.53. The number of amides is 1. The SMILES string of the molecule is COc1cccc(F)c1C(=O)NCc1cccc2[nH]ccc12. The zero-order valence-electron chi connectivity index (χ0n) is 12.0. The fourth-order valence-corrected chi connectivity index (χ4v) is 2.46. The van der Waals surface area contributed by atoms with Gasteiger partial charge in [0, 0.05) is 23.6 Å². The highest BCUT2D eigenvalue weighted by Gasteiger charge is 2.17. The van der Waals surface area contributed by atoms with Crippen molar-refractivity contribution in [2.45, 2.75) is 6.54 Å². The predicted octanol–water partition coefficient (Wildman–Crippen LogP) is 3.25. The third-order valence-corrected chi connectivity index (χ3v) is 3.55. The number of benzene rings is 2. The van der Waals surface area contributed by atoms with Crippen molar-refractivity contribution in [3.63, 3.8) is 0 Å². The summed E-state index contributed by atoms with van der Waals surface area (Å²) in [7, 11) is 1.41. The topological polar surface area (TPSA) is 54.1 Å². The number of methoxy groups -OCH3 is 1. The van der Waals surface area contributed by atoms with Crippen molar-refractivity contribution < 1.29 is 13.9 Å². The first-order valence-electron chi connectivity index (χ1n) is 6.86. The van der Waals surface area contributed by atoms with Crippen LogP contribution in [0.15, 0.2) is 48.7 Å². The highest BCUT2D eigenvalue weighted by atomic mass is 19.1. The molecule has 3 rings (SSSR count). The number of aromatic nitrogens is 1. The zero-order valence-corrected chi connectivity index (χ0v) is 12.0. The monoisotopic (exact) mass is 298 g/mol. The van der Waals surface area contributed by atoms with Crippen molar-refractivity contribution in [2.75, 3.05) is 7.11 Å². The quantitative estimate of drug-likeness (QED) is 0.777. The van der Waals surface area contributed by atoms with Crippen molar-refractivity contribution in [1.29, 1.82) is 0 Å².